The molecule has 0 spiro atoms. The van der Waals surface area contributed by atoms with Crippen molar-refractivity contribution in [3.05, 3.63) is 28.6 Å². The van der Waals surface area contributed by atoms with Crippen LogP contribution in [0.15, 0.2) is 22.9 Å². The molecular weight excluding hydrogens is 308 g/mol. The van der Waals surface area contributed by atoms with E-state index in [2.05, 4.69) is 10.3 Å². The van der Waals surface area contributed by atoms with Gasteiger partial charge in [-0.15, -0.1) is 22.7 Å². The number of rotatable bonds is 7. The number of hydrogen-bond donors (Lipinski definition) is 3. The zero-order chi connectivity index (χ0) is 15.3. The number of aliphatic hydroxyl groups is 2. The van der Waals surface area contributed by atoms with Gasteiger partial charge in [0.05, 0.1) is 35.7 Å². The molecule has 0 aliphatic heterocycles. The fraction of sp³-hybridized carbons (Fsp3) is 0.429. The molecule has 2 rings (SSSR count). The van der Waals surface area contributed by atoms with Gasteiger partial charge >= 0.3 is 0 Å². The fourth-order valence-corrected chi connectivity index (χ4v) is 3.48. The average molecular weight is 326 g/mol. The molecule has 2 heterocycles. The van der Waals surface area contributed by atoms with Gasteiger partial charge in [0.25, 0.3) is 0 Å². The van der Waals surface area contributed by atoms with E-state index in [-0.39, 0.29) is 25.5 Å². The lowest BCUT2D eigenvalue weighted by Gasteiger charge is -2.29. The molecule has 7 heteroatoms. The third-order valence-corrected chi connectivity index (χ3v) is 5.24. The Hall–Kier alpha value is -1.28. The minimum absolute atomic E-state index is 0.142. The maximum atomic E-state index is 12.0. The van der Waals surface area contributed by atoms with Crippen LogP contribution < -0.4 is 5.32 Å². The van der Waals surface area contributed by atoms with E-state index in [9.17, 15) is 15.0 Å². The standard InChI is InChI=1S/C14H18N2O3S2/c1-2-14(8-17,9-18)16-12(19)6-10-7-21-13(15-10)11-4-3-5-20-11/h3-5,7,17-18H,2,6,8-9H2,1H3,(H,16,19). The third kappa shape index (κ3) is 3.88. The van der Waals surface area contributed by atoms with Gasteiger partial charge in [0.1, 0.15) is 5.01 Å². The zero-order valence-corrected chi connectivity index (χ0v) is 13.3. The number of hydrogen-bond acceptors (Lipinski definition) is 6. The Morgan fingerprint density at radius 1 is 1.38 bits per heavy atom. The predicted octanol–water partition coefficient (Wildman–Crippen LogP) is 1.66. The molecule has 2 aromatic rings. The SMILES string of the molecule is CCC(CO)(CO)NC(=O)Cc1csc(-c2cccs2)n1. The van der Waals surface area contributed by atoms with Crippen LogP contribution >= 0.6 is 22.7 Å². The van der Waals surface area contributed by atoms with Crippen LogP contribution in [0.25, 0.3) is 9.88 Å². The summed E-state index contributed by atoms with van der Waals surface area (Å²) in [5.74, 6) is -0.247. The van der Waals surface area contributed by atoms with Crippen LogP contribution in [0.2, 0.25) is 0 Å². The van der Waals surface area contributed by atoms with Gasteiger partial charge in [-0.3, -0.25) is 4.79 Å². The van der Waals surface area contributed by atoms with Gasteiger partial charge in [0.2, 0.25) is 5.91 Å². The number of thiazole rings is 1. The highest BCUT2D eigenvalue weighted by Gasteiger charge is 2.28. The van der Waals surface area contributed by atoms with Gasteiger partial charge in [0.15, 0.2) is 0 Å². The highest BCUT2D eigenvalue weighted by Crippen LogP contribution is 2.27. The van der Waals surface area contributed by atoms with Crippen LogP contribution in [0.1, 0.15) is 19.0 Å². The van der Waals surface area contributed by atoms with E-state index >= 15 is 0 Å². The summed E-state index contributed by atoms with van der Waals surface area (Å²) >= 11 is 3.12. The van der Waals surface area contributed by atoms with Crippen molar-refractivity contribution in [1.29, 1.82) is 0 Å². The lowest BCUT2D eigenvalue weighted by atomic mass is 9.98. The Balaban J connectivity index is 2.00. The second kappa shape index (κ2) is 7.13. The van der Waals surface area contributed by atoms with E-state index in [1.807, 2.05) is 29.8 Å². The quantitative estimate of drug-likeness (QED) is 0.723. The summed E-state index contributed by atoms with van der Waals surface area (Å²) in [4.78, 5) is 17.6. The summed E-state index contributed by atoms with van der Waals surface area (Å²) in [5, 5.41) is 26.1. The highest BCUT2D eigenvalue weighted by atomic mass is 32.1. The largest absolute Gasteiger partial charge is 0.394 e. The van der Waals surface area contributed by atoms with Crippen molar-refractivity contribution < 1.29 is 15.0 Å². The second-order valence-corrected chi connectivity index (χ2v) is 6.60. The van der Waals surface area contributed by atoms with E-state index in [4.69, 9.17) is 0 Å². The molecule has 0 radical (unpaired) electrons. The molecule has 0 bridgehead atoms. The molecule has 3 N–H and O–H groups in total. The highest BCUT2D eigenvalue weighted by molar-refractivity contribution is 7.20. The summed E-state index contributed by atoms with van der Waals surface area (Å²) < 4.78 is 0. The molecule has 0 atom stereocenters. The molecule has 0 fully saturated rings. The van der Waals surface area contributed by atoms with E-state index in [1.165, 1.54) is 11.3 Å². The Bertz CT molecular complexity index is 569. The number of aromatic nitrogens is 1. The topological polar surface area (TPSA) is 82.5 Å². The third-order valence-electron chi connectivity index (χ3n) is 3.31. The monoisotopic (exact) mass is 326 g/mol. The minimum atomic E-state index is -0.955. The van der Waals surface area contributed by atoms with Crippen molar-refractivity contribution in [3.8, 4) is 9.88 Å². The molecule has 21 heavy (non-hydrogen) atoms. The van der Waals surface area contributed by atoms with Crippen molar-refractivity contribution in [2.75, 3.05) is 13.2 Å². The van der Waals surface area contributed by atoms with E-state index in [1.54, 1.807) is 11.3 Å². The molecule has 5 nitrogen and oxygen atoms in total. The van der Waals surface area contributed by atoms with Gasteiger partial charge in [-0.25, -0.2) is 4.98 Å². The van der Waals surface area contributed by atoms with Crippen LogP contribution in [-0.2, 0) is 11.2 Å². The normalized spacial score (nSPS) is 11.6. The van der Waals surface area contributed by atoms with Gasteiger partial charge in [0, 0.05) is 5.38 Å². The van der Waals surface area contributed by atoms with Crippen molar-refractivity contribution in [3.63, 3.8) is 0 Å². The van der Waals surface area contributed by atoms with Crippen LogP contribution in [0, 0.1) is 0 Å². The summed E-state index contributed by atoms with van der Waals surface area (Å²) in [7, 11) is 0. The maximum Gasteiger partial charge on any atom is 0.226 e. The van der Waals surface area contributed by atoms with Crippen molar-refractivity contribution >= 4 is 28.6 Å². The Morgan fingerprint density at radius 3 is 2.71 bits per heavy atom. The lowest BCUT2D eigenvalue weighted by molar-refractivity contribution is -0.123. The van der Waals surface area contributed by atoms with Gasteiger partial charge in [-0.05, 0) is 17.9 Å². The molecule has 0 unspecified atom stereocenters. The number of carbonyl (C=O) groups is 1. The molecule has 0 saturated heterocycles. The van der Waals surface area contributed by atoms with Crippen molar-refractivity contribution in [2.45, 2.75) is 25.3 Å². The van der Waals surface area contributed by atoms with Crippen LogP contribution in [0.4, 0.5) is 0 Å². The van der Waals surface area contributed by atoms with Crippen LogP contribution in [-0.4, -0.2) is 39.9 Å². The Labute approximate surface area is 131 Å². The Morgan fingerprint density at radius 2 is 2.14 bits per heavy atom. The number of nitrogens with one attached hydrogen (secondary N) is 1. The Kier molecular flexibility index (Phi) is 5.46. The number of thiophene rings is 1. The first-order valence-electron chi connectivity index (χ1n) is 6.63. The summed E-state index contributed by atoms with van der Waals surface area (Å²) in [6.45, 7) is 1.23. The summed E-state index contributed by atoms with van der Waals surface area (Å²) in [6, 6.07) is 3.96. The fourth-order valence-electron chi connectivity index (χ4n) is 1.85. The average Bonchev–Trinajstić information content (AvgIpc) is 3.15. The van der Waals surface area contributed by atoms with E-state index < -0.39 is 5.54 Å². The number of aliphatic hydroxyl groups excluding tert-OH is 2. The first-order valence-corrected chi connectivity index (χ1v) is 8.39. The first-order chi connectivity index (χ1) is 10.1. The molecule has 0 aliphatic carbocycles. The first kappa shape index (κ1) is 16.1. The molecule has 0 aliphatic rings. The van der Waals surface area contributed by atoms with Crippen LogP contribution in [0.3, 0.4) is 0 Å². The zero-order valence-electron chi connectivity index (χ0n) is 11.7. The van der Waals surface area contributed by atoms with Crippen molar-refractivity contribution in [1.82, 2.24) is 10.3 Å². The van der Waals surface area contributed by atoms with Gasteiger partial charge in [-0.2, -0.15) is 0 Å². The number of nitrogens with zero attached hydrogens (tertiary/aromatic N) is 1. The lowest BCUT2D eigenvalue weighted by Crippen LogP contribution is -2.54. The molecule has 0 aromatic carbocycles. The maximum absolute atomic E-state index is 12.0. The minimum Gasteiger partial charge on any atom is -0.394 e. The molecule has 1 amide bonds. The second-order valence-electron chi connectivity index (χ2n) is 4.80. The van der Waals surface area contributed by atoms with Crippen LogP contribution in [0.5, 0.6) is 0 Å². The van der Waals surface area contributed by atoms with Gasteiger partial charge in [-0.1, -0.05) is 13.0 Å². The molecular formula is C14H18N2O3S2. The van der Waals surface area contributed by atoms with E-state index in [0.717, 1.165) is 9.88 Å². The van der Waals surface area contributed by atoms with E-state index in [0.29, 0.717) is 12.1 Å². The summed E-state index contributed by atoms with van der Waals surface area (Å²) in [5.41, 5.74) is -0.259. The molecule has 0 saturated carbocycles. The predicted molar refractivity (Wildman–Crippen MR) is 84.5 cm³/mol. The van der Waals surface area contributed by atoms with Gasteiger partial charge < -0.3 is 15.5 Å². The smallest absolute Gasteiger partial charge is 0.226 e. The number of carbonyl (C=O) groups excluding carboxylic acids is 1. The summed E-state index contributed by atoms with van der Waals surface area (Å²) in [6.07, 6.45) is 0.604. The van der Waals surface area contributed by atoms with Crippen molar-refractivity contribution in [2.24, 2.45) is 0 Å². The molecule has 114 valence electrons. The molecule has 2 aromatic heterocycles. The number of amides is 1.